The Morgan fingerprint density at radius 2 is 2.31 bits per heavy atom. The minimum Gasteiger partial charge on any atom is -0.379 e. The second kappa shape index (κ2) is 5.86. The molecule has 0 bridgehead atoms. The van der Waals surface area contributed by atoms with E-state index in [1.807, 2.05) is 11.8 Å². The summed E-state index contributed by atoms with van der Waals surface area (Å²) in [5, 5.41) is 0. The molecule has 1 fully saturated rings. The molecular formula is C9H20N2OS. The van der Waals surface area contributed by atoms with E-state index in [9.17, 15) is 0 Å². The Kier molecular flexibility index (Phi) is 5.09. The number of rotatable bonds is 5. The van der Waals surface area contributed by atoms with Crippen LogP contribution in [-0.4, -0.2) is 56.3 Å². The molecule has 0 aromatic rings. The maximum atomic E-state index is 5.90. The summed E-state index contributed by atoms with van der Waals surface area (Å²) in [6.45, 7) is 3.79. The van der Waals surface area contributed by atoms with Crippen LogP contribution in [0.3, 0.4) is 0 Å². The summed E-state index contributed by atoms with van der Waals surface area (Å²) in [5.74, 6) is 1.73. The number of hydrogen-bond acceptors (Lipinski definition) is 4. The van der Waals surface area contributed by atoms with Crippen molar-refractivity contribution in [3.63, 3.8) is 0 Å². The van der Waals surface area contributed by atoms with E-state index >= 15 is 0 Å². The van der Waals surface area contributed by atoms with Gasteiger partial charge in [0, 0.05) is 30.8 Å². The predicted molar refractivity (Wildman–Crippen MR) is 58.2 cm³/mol. The minimum atomic E-state index is 0.247. The van der Waals surface area contributed by atoms with Crippen molar-refractivity contribution in [3.8, 4) is 0 Å². The molecule has 2 atom stereocenters. The Hall–Kier alpha value is 0.230. The fourth-order valence-corrected chi connectivity index (χ4v) is 2.04. The van der Waals surface area contributed by atoms with Crippen molar-refractivity contribution in [2.75, 3.05) is 45.4 Å². The summed E-state index contributed by atoms with van der Waals surface area (Å²) < 4.78 is 5.32. The van der Waals surface area contributed by atoms with Crippen molar-refractivity contribution in [1.82, 2.24) is 4.90 Å². The fourth-order valence-electron chi connectivity index (χ4n) is 1.54. The highest BCUT2D eigenvalue weighted by Gasteiger charge is 2.25. The van der Waals surface area contributed by atoms with Crippen molar-refractivity contribution in [1.29, 1.82) is 0 Å². The molecule has 0 aromatic heterocycles. The zero-order valence-corrected chi connectivity index (χ0v) is 9.35. The number of thioether (sulfide) groups is 1. The number of nitrogens with zero attached hydrogens (tertiary/aromatic N) is 1. The molecule has 0 amide bonds. The molecule has 3 nitrogen and oxygen atoms in total. The van der Waals surface area contributed by atoms with E-state index in [1.165, 1.54) is 5.75 Å². The van der Waals surface area contributed by atoms with Gasteiger partial charge in [-0.2, -0.15) is 11.8 Å². The van der Waals surface area contributed by atoms with E-state index < -0.39 is 0 Å². The topological polar surface area (TPSA) is 38.5 Å². The smallest absolute Gasteiger partial charge is 0.0621 e. The zero-order chi connectivity index (χ0) is 9.68. The van der Waals surface area contributed by atoms with Gasteiger partial charge in [0.05, 0.1) is 13.2 Å². The largest absolute Gasteiger partial charge is 0.379 e. The molecule has 1 rings (SSSR count). The van der Waals surface area contributed by atoms with Crippen molar-refractivity contribution in [2.24, 2.45) is 11.7 Å². The Balaban J connectivity index is 2.15. The van der Waals surface area contributed by atoms with Gasteiger partial charge in [-0.05, 0) is 13.3 Å². The van der Waals surface area contributed by atoms with Crippen LogP contribution in [0.25, 0.3) is 0 Å². The van der Waals surface area contributed by atoms with Crippen LogP contribution in [0.1, 0.15) is 0 Å². The van der Waals surface area contributed by atoms with Gasteiger partial charge in [-0.3, -0.25) is 0 Å². The predicted octanol–water partition coefficient (Wildman–Crippen LogP) is 0.255. The van der Waals surface area contributed by atoms with Gasteiger partial charge in [0.2, 0.25) is 0 Å². The van der Waals surface area contributed by atoms with E-state index in [2.05, 4.69) is 18.2 Å². The number of ether oxygens (including phenoxy) is 1. The number of hydrogen-bond donors (Lipinski definition) is 1. The van der Waals surface area contributed by atoms with Crippen molar-refractivity contribution >= 4 is 11.8 Å². The van der Waals surface area contributed by atoms with Crippen LogP contribution in [-0.2, 0) is 4.74 Å². The van der Waals surface area contributed by atoms with Crippen LogP contribution in [0.5, 0.6) is 0 Å². The van der Waals surface area contributed by atoms with Gasteiger partial charge in [-0.25, -0.2) is 0 Å². The summed E-state index contributed by atoms with van der Waals surface area (Å²) in [6.07, 6.45) is 2.14. The first-order valence-electron chi connectivity index (χ1n) is 4.75. The third-order valence-electron chi connectivity index (χ3n) is 2.47. The first kappa shape index (κ1) is 11.3. The highest BCUT2D eigenvalue weighted by atomic mass is 32.2. The van der Waals surface area contributed by atoms with Crippen molar-refractivity contribution in [3.05, 3.63) is 0 Å². The average Bonchev–Trinajstić information content (AvgIpc) is 2.48. The summed E-state index contributed by atoms with van der Waals surface area (Å²) >= 11 is 1.88. The summed E-state index contributed by atoms with van der Waals surface area (Å²) in [6, 6.07) is 0.247. The van der Waals surface area contributed by atoms with Crippen LogP contribution in [0.15, 0.2) is 0 Å². The Bertz CT molecular complexity index is 146. The van der Waals surface area contributed by atoms with Crippen LogP contribution < -0.4 is 5.73 Å². The van der Waals surface area contributed by atoms with Gasteiger partial charge >= 0.3 is 0 Å². The number of nitrogens with two attached hydrogens (primary N) is 1. The maximum Gasteiger partial charge on any atom is 0.0621 e. The van der Waals surface area contributed by atoms with Crippen molar-refractivity contribution < 1.29 is 4.74 Å². The standard InChI is InChI=1S/C9H20N2OS/c1-11(3-4-13-2)5-8-6-12-7-9(8)10/h8-9H,3-7,10H2,1-2H3. The molecule has 2 N–H and O–H groups in total. The van der Waals surface area contributed by atoms with Gasteiger partial charge in [-0.1, -0.05) is 0 Å². The lowest BCUT2D eigenvalue weighted by Gasteiger charge is -2.21. The lowest BCUT2D eigenvalue weighted by Crippen LogP contribution is -2.37. The SMILES string of the molecule is CSCCN(C)CC1COCC1N. The van der Waals surface area contributed by atoms with E-state index in [0.29, 0.717) is 5.92 Å². The lowest BCUT2D eigenvalue weighted by molar-refractivity contribution is 0.175. The molecule has 78 valence electrons. The zero-order valence-electron chi connectivity index (χ0n) is 8.53. The molecular weight excluding hydrogens is 184 g/mol. The maximum absolute atomic E-state index is 5.90. The molecule has 4 heteroatoms. The van der Waals surface area contributed by atoms with Crippen LogP contribution in [0.4, 0.5) is 0 Å². The summed E-state index contributed by atoms with van der Waals surface area (Å²) in [5.41, 5.74) is 5.90. The third-order valence-corrected chi connectivity index (χ3v) is 3.06. The molecule has 13 heavy (non-hydrogen) atoms. The van der Waals surface area contributed by atoms with Gasteiger partial charge in [-0.15, -0.1) is 0 Å². The second-order valence-corrected chi connectivity index (χ2v) is 4.70. The van der Waals surface area contributed by atoms with Gasteiger partial charge in [0.25, 0.3) is 0 Å². The summed E-state index contributed by atoms with van der Waals surface area (Å²) in [4.78, 5) is 2.34. The molecule has 0 aliphatic carbocycles. The van der Waals surface area contributed by atoms with Crippen LogP contribution >= 0.6 is 11.8 Å². The summed E-state index contributed by atoms with van der Waals surface area (Å²) in [7, 11) is 2.15. The van der Waals surface area contributed by atoms with E-state index in [1.54, 1.807) is 0 Å². The van der Waals surface area contributed by atoms with Crippen molar-refractivity contribution in [2.45, 2.75) is 6.04 Å². The molecule has 0 radical (unpaired) electrons. The molecule has 0 spiro atoms. The molecule has 0 aromatic carbocycles. The highest BCUT2D eigenvalue weighted by Crippen LogP contribution is 2.12. The Morgan fingerprint density at radius 1 is 1.54 bits per heavy atom. The molecule has 0 saturated carbocycles. The van der Waals surface area contributed by atoms with Gasteiger partial charge in [0.1, 0.15) is 0 Å². The average molecular weight is 204 g/mol. The third kappa shape index (κ3) is 3.85. The Morgan fingerprint density at radius 3 is 2.85 bits per heavy atom. The quantitative estimate of drug-likeness (QED) is 0.697. The van der Waals surface area contributed by atoms with E-state index in [0.717, 1.165) is 26.3 Å². The second-order valence-electron chi connectivity index (χ2n) is 3.72. The highest BCUT2D eigenvalue weighted by molar-refractivity contribution is 7.98. The molecule has 1 heterocycles. The first-order valence-corrected chi connectivity index (χ1v) is 6.14. The molecule has 1 saturated heterocycles. The Labute approximate surface area is 85.0 Å². The molecule has 2 unspecified atom stereocenters. The normalized spacial score (nSPS) is 28.6. The lowest BCUT2D eigenvalue weighted by atomic mass is 10.0. The van der Waals surface area contributed by atoms with E-state index in [-0.39, 0.29) is 6.04 Å². The van der Waals surface area contributed by atoms with Crippen LogP contribution in [0.2, 0.25) is 0 Å². The van der Waals surface area contributed by atoms with Gasteiger partial charge in [0.15, 0.2) is 0 Å². The van der Waals surface area contributed by atoms with Gasteiger partial charge < -0.3 is 15.4 Å². The first-order chi connectivity index (χ1) is 6.24. The molecule has 1 aliphatic heterocycles. The van der Waals surface area contributed by atoms with E-state index in [4.69, 9.17) is 10.5 Å². The van der Waals surface area contributed by atoms with Crippen LogP contribution in [0, 0.1) is 5.92 Å². The fraction of sp³-hybridized carbons (Fsp3) is 1.00. The molecule has 1 aliphatic rings. The monoisotopic (exact) mass is 204 g/mol. The minimum absolute atomic E-state index is 0.247.